The number of nitrogens with zero attached hydrogens (tertiary/aromatic N) is 3. The molecule has 1 aliphatic rings. The largest absolute Gasteiger partial charge is 0.370 e. The third kappa shape index (κ3) is 3.32. The summed E-state index contributed by atoms with van der Waals surface area (Å²) in [4.78, 5) is 11.2. The molecule has 0 aliphatic carbocycles. The van der Waals surface area contributed by atoms with Gasteiger partial charge in [-0.05, 0) is 31.2 Å². The molecule has 0 aromatic carbocycles. The van der Waals surface area contributed by atoms with Gasteiger partial charge in [0.15, 0.2) is 0 Å². The molecule has 1 aromatic rings. The number of hydrogen-bond acceptors (Lipinski definition) is 4. The highest BCUT2D eigenvalue weighted by Gasteiger charge is 2.17. The van der Waals surface area contributed by atoms with Crippen molar-refractivity contribution in [2.45, 2.75) is 33.1 Å². The van der Waals surface area contributed by atoms with Crippen LogP contribution in [0.1, 0.15) is 33.1 Å². The van der Waals surface area contributed by atoms with Crippen LogP contribution in [-0.4, -0.2) is 29.6 Å². The smallest absolute Gasteiger partial charge is 0.227 e. The lowest BCUT2D eigenvalue weighted by Gasteiger charge is -2.30. The predicted octanol–water partition coefficient (Wildman–Crippen LogP) is 2.53. The maximum Gasteiger partial charge on any atom is 0.227 e. The summed E-state index contributed by atoms with van der Waals surface area (Å²) in [6, 6.07) is 1.94. The molecule has 0 amide bonds. The van der Waals surface area contributed by atoms with E-state index in [1.54, 1.807) is 0 Å². The maximum atomic E-state index is 4.56. The summed E-state index contributed by atoms with van der Waals surface area (Å²) in [5.74, 6) is 2.65. The highest BCUT2D eigenvalue weighted by Crippen LogP contribution is 2.20. The summed E-state index contributed by atoms with van der Waals surface area (Å²) in [6.07, 6.45) is 5.45. The molecule has 1 N–H and O–H groups in total. The number of anilines is 2. The van der Waals surface area contributed by atoms with E-state index in [4.69, 9.17) is 0 Å². The predicted molar refractivity (Wildman–Crippen MR) is 71.4 cm³/mol. The summed E-state index contributed by atoms with van der Waals surface area (Å²) < 4.78 is 0. The van der Waals surface area contributed by atoms with E-state index in [2.05, 4.69) is 34.0 Å². The highest BCUT2D eigenvalue weighted by molar-refractivity contribution is 5.41. The molecule has 4 heteroatoms. The normalized spacial score (nSPS) is 17.2. The van der Waals surface area contributed by atoms with Crippen molar-refractivity contribution < 1.29 is 0 Å². The van der Waals surface area contributed by atoms with Crippen LogP contribution in [0.25, 0.3) is 0 Å². The van der Waals surface area contributed by atoms with Gasteiger partial charge in [0.2, 0.25) is 5.95 Å². The maximum absolute atomic E-state index is 4.56. The molecular formula is C13H22N4. The Morgan fingerprint density at radius 1 is 1.41 bits per heavy atom. The average Bonchev–Trinajstić information content (AvgIpc) is 2.37. The van der Waals surface area contributed by atoms with Crippen molar-refractivity contribution in [2.24, 2.45) is 5.92 Å². The number of piperidine rings is 1. The van der Waals surface area contributed by atoms with Crippen LogP contribution >= 0.6 is 0 Å². The van der Waals surface area contributed by atoms with Crippen molar-refractivity contribution in [1.82, 2.24) is 9.97 Å². The minimum absolute atomic E-state index is 0.840. The zero-order valence-corrected chi connectivity index (χ0v) is 10.8. The van der Waals surface area contributed by atoms with Gasteiger partial charge in [-0.25, -0.2) is 4.98 Å². The van der Waals surface area contributed by atoms with Crippen LogP contribution < -0.4 is 10.2 Å². The first-order valence-corrected chi connectivity index (χ1v) is 6.61. The first kappa shape index (κ1) is 12.1. The fourth-order valence-corrected chi connectivity index (χ4v) is 2.06. The lowest BCUT2D eigenvalue weighted by molar-refractivity contribution is 0.434. The van der Waals surface area contributed by atoms with Gasteiger partial charge in [0, 0.05) is 25.8 Å². The standard InChI is InChI=1S/C13H22N4/c1-3-7-14-12-4-8-15-13(16-12)17-9-5-11(2)6-10-17/h4,8,11H,3,5-7,9-10H2,1-2H3,(H,14,15,16). The summed E-state index contributed by atoms with van der Waals surface area (Å²) in [7, 11) is 0. The summed E-state index contributed by atoms with van der Waals surface area (Å²) >= 11 is 0. The molecule has 2 rings (SSSR count). The molecule has 1 aromatic heterocycles. The molecule has 0 atom stereocenters. The first-order valence-electron chi connectivity index (χ1n) is 6.61. The molecule has 0 unspecified atom stereocenters. The Kier molecular flexibility index (Phi) is 4.18. The van der Waals surface area contributed by atoms with Crippen molar-refractivity contribution >= 4 is 11.8 Å². The van der Waals surface area contributed by atoms with Gasteiger partial charge < -0.3 is 10.2 Å². The summed E-state index contributed by atoms with van der Waals surface area (Å²) in [5.41, 5.74) is 0. The molecule has 1 fully saturated rings. The lowest BCUT2D eigenvalue weighted by atomic mass is 10.00. The second-order valence-corrected chi connectivity index (χ2v) is 4.84. The van der Waals surface area contributed by atoms with Crippen LogP contribution in [0, 0.1) is 5.92 Å². The number of nitrogens with one attached hydrogen (secondary N) is 1. The number of aromatic nitrogens is 2. The Morgan fingerprint density at radius 2 is 2.18 bits per heavy atom. The van der Waals surface area contributed by atoms with Gasteiger partial charge in [0.1, 0.15) is 5.82 Å². The molecule has 0 saturated carbocycles. The van der Waals surface area contributed by atoms with E-state index in [0.717, 1.165) is 43.7 Å². The van der Waals surface area contributed by atoms with Crippen molar-refractivity contribution in [3.05, 3.63) is 12.3 Å². The highest BCUT2D eigenvalue weighted by atomic mass is 15.3. The van der Waals surface area contributed by atoms with E-state index < -0.39 is 0 Å². The van der Waals surface area contributed by atoms with Crippen LogP contribution in [0.15, 0.2) is 12.3 Å². The SMILES string of the molecule is CCCNc1ccnc(N2CCC(C)CC2)n1. The molecule has 2 heterocycles. The van der Waals surface area contributed by atoms with Gasteiger partial charge in [-0.2, -0.15) is 4.98 Å². The quantitative estimate of drug-likeness (QED) is 0.869. The van der Waals surface area contributed by atoms with Crippen LogP contribution in [0.3, 0.4) is 0 Å². The van der Waals surface area contributed by atoms with Gasteiger partial charge in [0.25, 0.3) is 0 Å². The summed E-state index contributed by atoms with van der Waals surface area (Å²) in [6.45, 7) is 7.60. The van der Waals surface area contributed by atoms with Crippen molar-refractivity contribution in [2.75, 3.05) is 29.9 Å². The molecule has 0 bridgehead atoms. The van der Waals surface area contributed by atoms with E-state index in [9.17, 15) is 0 Å². The number of rotatable bonds is 4. The molecule has 1 aliphatic heterocycles. The Hall–Kier alpha value is -1.32. The van der Waals surface area contributed by atoms with E-state index in [1.165, 1.54) is 12.8 Å². The van der Waals surface area contributed by atoms with Gasteiger partial charge in [-0.3, -0.25) is 0 Å². The topological polar surface area (TPSA) is 41.1 Å². The minimum Gasteiger partial charge on any atom is -0.370 e. The summed E-state index contributed by atoms with van der Waals surface area (Å²) in [5, 5.41) is 3.30. The van der Waals surface area contributed by atoms with E-state index in [-0.39, 0.29) is 0 Å². The second kappa shape index (κ2) is 5.84. The van der Waals surface area contributed by atoms with E-state index >= 15 is 0 Å². The molecule has 17 heavy (non-hydrogen) atoms. The first-order chi connectivity index (χ1) is 8.29. The van der Waals surface area contributed by atoms with Gasteiger partial charge in [0.05, 0.1) is 0 Å². The van der Waals surface area contributed by atoms with Crippen molar-refractivity contribution in [3.63, 3.8) is 0 Å². The molecular weight excluding hydrogens is 212 g/mol. The van der Waals surface area contributed by atoms with Crippen LogP contribution in [0.2, 0.25) is 0 Å². The zero-order chi connectivity index (χ0) is 12.1. The van der Waals surface area contributed by atoms with Crippen molar-refractivity contribution in [3.8, 4) is 0 Å². The zero-order valence-electron chi connectivity index (χ0n) is 10.8. The second-order valence-electron chi connectivity index (χ2n) is 4.84. The van der Waals surface area contributed by atoms with Crippen LogP contribution in [0.4, 0.5) is 11.8 Å². The lowest BCUT2D eigenvalue weighted by Crippen LogP contribution is -2.34. The Morgan fingerprint density at radius 3 is 2.88 bits per heavy atom. The van der Waals surface area contributed by atoms with Gasteiger partial charge in [-0.1, -0.05) is 13.8 Å². The fourth-order valence-electron chi connectivity index (χ4n) is 2.06. The van der Waals surface area contributed by atoms with Gasteiger partial charge in [-0.15, -0.1) is 0 Å². The fraction of sp³-hybridized carbons (Fsp3) is 0.692. The molecule has 1 saturated heterocycles. The van der Waals surface area contributed by atoms with Crippen molar-refractivity contribution in [1.29, 1.82) is 0 Å². The van der Waals surface area contributed by atoms with Gasteiger partial charge >= 0.3 is 0 Å². The third-order valence-corrected chi connectivity index (χ3v) is 3.27. The van der Waals surface area contributed by atoms with Crippen LogP contribution in [0.5, 0.6) is 0 Å². The minimum atomic E-state index is 0.840. The molecule has 0 radical (unpaired) electrons. The average molecular weight is 234 g/mol. The monoisotopic (exact) mass is 234 g/mol. The Bertz CT molecular complexity index is 345. The van der Waals surface area contributed by atoms with Crippen LogP contribution in [-0.2, 0) is 0 Å². The molecule has 4 nitrogen and oxygen atoms in total. The third-order valence-electron chi connectivity index (χ3n) is 3.27. The Labute approximate surface area is 103 Å². The Balaban J connectivity index is 2.00. The number of hydrogen-bond donors (Lipinski definition) is 1. The molecule has 0 spiro atoms. The van der Waals surface area contributed by atoms with E-state index in [0.29, 0.717) is 0 Å². The van der Waals surface area contributed by atoms with E-state index in [1.807, 2.05) is 12.3 Å². The molecule has 94 valence electrons.